The summed E-state index contributed by atoms with van der Waals surface area (Å²) in [5.41, 5.74) is 1.72. The van der Waals surface area contributed by atoms with E-state index in [0.717, 1.165) is 5.56 Å². The van der Waals surface area contributed by atoms with Crippen LogP contribution in [0.4, 0.5) is 0 Å². The lowest BCUT2D eigenvalue weighted by molar-refractivity contribution is 0.0697. The van der Waals surface area contributed by atoms with E-state index in [4.69, 9.17) is 9.47 Å². The predicted molar refractivity (Wildman–Crippen MR) is 81.2 cm³/mol. The van der Waals surface area contributed by atoms with Crippen LogP contribution in [0.2, 0.25) is 0 Å². The van der Waals surface area contributed by atoms with Crippen molar-refractivity contribution in [2.24, 2.45) is 0 Å². The molecule has 21 heavy (non-hydrogen) atoms. The van der Waals surface area contributed by atoms with Gasteiger partial charge in [-0.25, -0.2) is 4.79 Å². The van der Waals surface area contributed by atoms with Crippen molar-refractivity contribution in [3.05, 3.63) is 48.0 Å². The topological polar surface area (TPSA) is 55.8 Å². The van der Waals surface area contributed by atoms with Crippen LogP contribution in [-0.2, 0) is 0 Å². The third kappa shape index (κ3) is 3.34. The summed E-state index contributed by atoms with van der Waals surface area (Å²) in [6.07, 6.45) is 0. The quantitative estimate of drug-likeness (QED) is 0.876. The zero-order valence-corrected chi connectivity index (χ0v) is 12.1. The maximum atomic E-state index is 11.3. The number of rotatable bonds is 6. The molecule has 110 valence electrons. The van der Waals surface area contributed by atoms with Crippen molar-refractivity contribution in [1.29, 1.82) is 0 Å². The molecule has 0 aliphatic carbocycles. The van der Waals surface area contributed by atoms with E-state index in [1.54, 1.807) is 18.2 Å². The molecule has 0 aromatic heterocycles. The smallest absolute Gasteiger partial charge is 0.336 e. The van der Waals surface area contributed by atoms with Gasteiger partial charge in [-0.2, -0.15) is 0 Å². The Morgan fingerprint density at radius 2 is 1.67 bits per heavy atom. The van der Waals surface area contributed by atoms with Crippen LogP contribution < -0.4 is 9.47 Å². The first-order valence-corrected chi connectivity index (χ1v) is 6.89. The number of ether oxygens (including phenoxy) is 2. The molecule has 0 atom stereocenters. The summed E-state index contributed by atoms with van der Waals surface area (Å²) in [7, 11) is 0. The zero-order chi connectivity index (χ0) is 15.2. The van der Waals surface area contributed by atoms with Gasteiger partial charge >= 0.3 is 5.97 Å². The van der Waals surface area contributed by atoms with Crippen LogP contribution in [0.3, 0.4) is 0 Å². The second-order valence-electron chi connectivity index (χ2n) is 4.38. The van der Waals surface area contributed by atoms with Crippen LogP contribution in [0.5, 0.6) is 11.5 Å². The fraction of sp³-hybridized carbons (Fsp3) is 0.235. The normalized spacial score (nSPS) is 10.2. The Kier molecular flexibility index (Phi) is 4.82. The van der Waals surface area contributed by atoms with Gasteiger partial charge in [-0.1, -0.05) is 24.3 Å². The highest BCUT2D eigenvalue weighted by molar-refractivity contribution is 5.96. The highest BCUT2D eigenvalue weighted by Gasteiger charge is 2.13. The Balaban J connectivity index is 2.50. The average Bonchev–Trinajstić information content (AvgIpc) is 2.49. The van der Waals surface area contributed by atoms with Crippen LogP contribution >= 0.6 is 0 Å². The molecule has 0 bridgehead atoms. The molecule has 2 aromatic rings. The van der Waals surface area contributed by atoms with Crippen LogP contribution in [-0.4, -0.2) is 24.3 Å². The molecule has 0 saturated heterocycles. The lowest BCUT2D eigenvalue weighted by Gasteiger charge is -2.13. The standard InChI is InChI=1S/C17H18O4/c1-3-20-15-10-9-12(11-16(15)21-4-2)13-7-5-6-8-14(13)17(18)19/h5-11H,3-4H2,1-2H3,(H,18,19). The molecule has 2 aromatic carbocycles. The summed E-state index contributed by atoms with van der Waals surface area (Å²) in [6.45, 7) is 4.87. The molecule has 0 fully saturated rings. The molecule has 0 unspecified atom stereocenters. The van der Waals surface area contributed by atoms with Gasteiger partial charge in [0.05, 0.1) is 18.8 Å². The monoisotopic (exact) mass is 286 g/mol. The first kappa shape index (κ1) is 14.9. The number of benzene rings is 2. The summed E-state index contributed by atoms with van der Waals surface area (Å²) in [6, 6.07) is 12.4. The van der Waals surface area contributed by atoms with Crippen molar-refractivity contribution in [1.82, 2.24) is 0 Å². The minimum absolute atomic E-state index is 0.268. The molecule has 0 saturated carbocycles. The lowest BCUT2D eigenvalue weighted by atomic mass is 9.99. The Morgan fingerprint density at radius 3 is 2.33 bits per heavy atom. The lowest BCUT2D eigenvalue weighted by Crippen LogP contribution is -2.01. The molecule has 4 nitrogen and oxygen atoms in total. The van der Waals surface area contributed by atoms with Gasteiger partial charge in [-0.3, -0.25) is 0 Å². The van der Waals surface area contributed by atoms with Gasteiger partial charge in [0, 0.05) is 0 Å². The van der Waals surface area contributed by atoms with Crippen molar-refractivity contribution in [3.8, 4) is 22.6 Å². The van der Waals surface area contributed by atoms with Crippen molar-refractivity contribution < 1.29 is 19.4 Å². The van der Waals surface area contributed by atoms with Gasteiger partial charge < -0.3 is 14.6 Å². The van der Waals surface area contributed by atoms with Gasteiger partial charge in [0.2, 0.25) is 0 Å². The number of hydrogen-bond acceptors (Lipinski definition) is 3. The van der Waals surface area contributed by atoms with Crippen molar-refractivity contribution in [2.75, 3.05) is 13.2 Å². The van der Waals surface area contributed by atoms with E-state index < -0.39 is 5.97 Å². The largest absolute Gasteiger partial charge is 0.490 e. The molecule has 0 aliphatic heterocycles. The molecule has 0 spiro atoms. The van der Waals surface area contributed by atoms with Crippen molar-refractivity contribution in [2.45, 2.75) is 13.8 Å². The van der Waals surface area contributed by atoms with Gasteiger partial charge in [0.1, 0.15) is 0 Å². The minimum Gasteiger partial charge on any atom is -0.490 e. The maximum absolute atomic E-state index is 11.3. The Hall–Kier alpha value is -2.49. The fourth-order valence-corrected chi connectivity index (χ4v) is 2.14. The molecule has 4 heteroatoms. The fourth-order valence-electron chi connectivity index (χ4n) is 2.14. The van der Waals surface area contributed by atoms with Gasteiger partial charge in [-0.05, 0) is 43.2 Å². The molecular formula is C17H18O4. The van der Waals surface area contributed by atoms with Crippen molar-refractivity contribution in [3.63, 3.8) is 0 Å². The van der Waals surface area contributed by atoms with E-state index in [2.05, 4.69) is 0 Å². The number of hydrogen-bond donors (Lipinski definition) is 1. The Labute approximate surface area is 123 Å². The number of carboxylic acid groups (broad SMARTS) is 1. The summed E-state index contributed by atoms with van der Waals surface area (Å²) in [5.74, 6) is 0.338. The van der Waals surface area contributed by atoms with Crippen LogP contribution in [0.1, 0.15) is 24.2 Å². The van der Waals surface area contributed by atoms with E-state index >= 15 is 0 Å². The summed E-state index contributed by atoms with van der Waals surface area (Å²) in [5, 5.41) is 9.28. The molecule has 2 rings (SSSR count). The predicted octanol–water partition coefficient (Wildman–Crippen LogP) is 3.85. The van der Waals surface area contributed by atoms with E-state index in [1.807, 2.05) is 38.1 Å². The molecule has 0 heterocycles. The second-order valence-corrected chi connectivity index (χ2v) is 4.38. The highest BCUT2D eigenvalue weighted by Crippen LogP contribution is 2.34. The Morgan fingerprint density at radius 1 is 1.00 bits per heavy atom. The van der Waals surface area contributed by atoms with E-state index in [0.29, 0.717) is 30.3 Å². The maximum Gasteiger partial charge on any atom is 0.336 e. The van der Waals surface area contributed by atoms with E-state index in [9.17, 15) is 9.90 Å². The summed E-state index contributed by atoms with van der Waals surface area (Å²) < 4.78 is 11.1. The third-order valence-corrected chi connectivity index (χ3v) is 3.01. The molecular weight excluding hydrogens is 268 g/mol. The van der Waals surface area contributed by atoms with E-state index in [1.165, 1.54) is 0 Å². The van der Waals surface area contributed by atoms with Crippen LogP contribution in [0.25, 0.3) is 11.1 Å². The molecule has 0 radical (unpaired) electrons. The molecule has 1 N–H and O–H groups in total. The molecule has 0 aliphatic rings. The summed E-state index contributed by atoms with van der Waals surface area (Å²) in [4.78, 5) is 11.3. The highest BCUT2D eigenvalue weighted by atomic mass is 16.5. The minimum atomic E-state index is -0.947. The first-order chi connectivity index (χ1) is 10.2. The van der Waals surface area contributed by atoms with Crippen molar-refractivity contribution >= 4 is 5.97 Å². The SMILES string of the molecule is CCOc1ccc(-c2ccccc2C(=O)O)cc1OCC. The number of aromatic carboxylic acids is 1. The van der Waals surface area contributed by atoms with Crippen LogP contribution in [0.15, 0.2) is 42.5 Å². The van der Waals surface area contributed by atoms with Gasteiger partial charge in [0.25, 0.3) is 0 Å². The zero-order valence-electron chi connectivity index (χ0n) is 12.1. The number of carboxylic acids is 1. The Bertz CT molecular complexity index is 634. The first-order valence-electron chi connectivity index (χ1n) is 6.89. The average molecular weight is 286 g/mol. The van der Waals surface area contributed by atoms with Gasteiger partial charge in [-0.15, -0.1) is 0 Å². The summed E-state index contributed by atoms with van der Waals surface area (Å²) >= 11 is 0. The van der Waals surface area contributed by atoms with Crippen LogP contribution in [0, 0.1) is 0 Å². The molecule has 0 amide bonds. The third-order valence-electron chi connectivity index (χ3n) is 3.01. The number of carbonyl (C=O) groups is 1. The van der Waals surface area contributed by atoms with E-state index in [-0.39, 0.29) is 5.56 Å². The second kappa shape index (κ2) is 6.79. The van der Waals surface area contributed by atoms with Gasteiger partial charge in [0.15, 0.2) is 11.5 Å².